The van der Waals surface area contributed by atoms with Crippen molar-refractivity contribution in [3.05, 3.63) is 0 Å². The number of carbonyl (C=O) groups excluding carboxylic acids is 2. The quantitative estimate of drug-likeness (QED) is 0.858. The van der Waals surface area contributed by atoms with Gasteiger partial charge in [0.2, 0.25) is 5.91 Å². The lowest BCUT2D eigenvalue weighted by atomic mass is 9.81. The van der Waals surface area contributed by atoms with Gasteiger partial charge < -0.3 is 15.1 Å². The highest BCUT2D eigenvalue weighted by molar-refractivity contribution is 5.78. The Hall–Kier alpha value is -1.26. The van der Waals surface area contributed by atoms with Gasteiger partial charge in [-0.15, -0.1) is 0 Å². The second kappa shape index (κ2) is 8.21. The fourth-order valence-corrected chi connectivity index (χ4v) is 4.62. The molecule has 3 amide bonds. The molecule has 1 saturated carbocycles. The Morgan fingerprint density at radius 1 is 1.04 bits per heavy atom. The van der Waals surface area contributed by atoms with Crippen molar-refractivity contribution in [2.24, 2.45) is 11.8 Å². The monoisotopic (exact) mass is 335 g/mol. The Balaban J connectivity index is 1.35. The van der Waals surface area contributed by atoms with Crippen molar-refractivity contribution in [1.29, 1.82) is 0 Å². The van der Waals surface area contributed by atoms with Gasteiger partial charge in [-0.3, -0.25) is 4.79 Å². The molecule has 2 aliphatic heterocycles. The van der Waals surface area contributed by atoms with E-state index in [9.17, 15) is 9.59 Å². The van der Waals surface area contributed by atoms with E-state index in [0.717, 1.165) is 51.4 Å². The first-order chi connectivity index (χ1) is 11.7. The van der Waals surface area contributed by atoms with Crippen LogP contribution in [0.1, 0.15) is 64.7 Å². The maximum atomic E-state index is 12.4. The molecule has 3 fully saturated rings. The Labute approximate surface area is 146 Å². The standard InChI is InChI=1S/C19H33N3O2/c1-2-15-5-7-16(8-6-15)14-20-19(24)21-12-9-17(10-13-21)22-11-3-4-18(22)23/h15-17H,2-14H2,1H3,(H,20,24). The number of nitrogens with zero attached hydrogens (tertiary/aromatic N) is 2. The van der Waals surface area contributed by atoms with E-state index in [0.29, 0.717) is 24.3 Å². The highest BCUT2D eigenvalue weighted by Crippen LogP contribution is 2.30. The highest BCUT2D eigenvalue weighted by atomic mass is 16.2. The van der Waals surface area contributed by atoms with Crippen molar-refractivity contribution in [3.8, 4) is 0 Å². The summed E-state index contributed by atoms with van der Waals surface area (Å²) in [5.74, 6) is 1.88. The Morgan fingerprint density at radius 3 is 2.29 bits per heavy atom. The van der Waals surface area contributed by atoms with Crippen molar-refractivity contribution in [2.45, 2.75) is 70.8 Å². The zero-order chi connectivity index (χ0) is 16.9. The van der Waals surface area contributed by atoms with Crippen molar-refractivity contribution in [3.63, 3.8) is 0 Å². The number of piperidine rings is 1. The predicted molar refractivity (Wildman–Crippen MR) is 94.7 cm³/mol. The van der Waals surface area contributed by atoms with Gasteiger partial charge in [0.05, 0.1) is 0 Å². The molecular weight excluding hydrogens is 302 g/mol. The van der Waals surface area contributed by atoms with Crippen LogP contribution in [0.2, 0.25) is 0 Å². The van der Waals surface area contributed by atoms with E-state index < -0.39 is 0 Å². The van der Waals surface area contributed by atoms with Gasteiger partial charge in [-0.25, -0.2) is 4.79 Å². The van der Waals surface area contributed by atoms with Gasteiger partial charge >= 0.3 is 6.03 Å². The third kappa shape index (κ3) is 4.22. The van der Waals surface area contributed by atoms with E-state index in [2.05, 4.69) is 12.2 Å². The number of likely N-dealkylation sites (tertiary alicyclic amines) is 2. The summed E-state index contributed by atoms with van der Waals surface area (Å²) in [5.41, 5.74) is 0. The zero-order valence-electron chi connectivity index (χ0n) is 15.1. The SMILES string of the molecule is CCC1CCC(CNC(=O)N2CCC(N3CCCC3=O)CC2)CC1. The van der Waals surface area contributed by atoms with Crippen LogP contribution in [0.3, 0.4) is 0 Å². The molecule has 1 N–H and O–H groups in total. The fourth-order valence-electron chi connectivity index (χ4n) is 4.62. The van der Waals surface area contributed by atoms with E-state index >= 15 is 0 Å². The maximum absolute atomic E-state index is 12.4. The third-order valence-corrected chi connectivity index (χ3v) is 6.39. The van der Waals surface area contributed by atoms with Crippen LogP contribution in [0.25, 0.3) is 0 Å². The molecule has 5 nitrogen and oxygen atoms in total. The molecule has 0 bridgehead atoms. The van der Waals surface area contributed by atoms with Gasteiger partial charge in [0.1, 0.15) is 0 Å². The van der Waals surface area contributed by atoms with Crippen LogP contribution < -0.4 is 5.32 Å². The fraction of sp³-hybridized carbons (Fsp3) is 0.895. The van der Waals surface area contributed by atoms with E-state index in [1.807, 2.05) is 9.80 Å². The summed E-state index contributed by atoms with van der Waals surface area (Å²) in [4.78, 5) is 28.2. The number of urea groups is 1. The van der Waals surface area contributed by atoms with Crippen molar-refractivity contribution in [2.75, 3.05) is 26.2 Å². The average Bonchev–Trinajstić information content (AvgIpc) is 3.06. The molecule has 0 aromatic rings. The number of amides is 3. The summed E-state index contributed by atoms with van der Waals surface area (Å²) in [5, 5.41) is 3.15. The number of carbonyl (C=O) groups is 2. The van der Waals surface area contributed by atoms with Crippen LogP contribution in [-0.2, 0) is 4.79 Å². The summed E-state index contributed by atoms with van der Waals surface area (Å²) in [7, 11) is 0. The lowest BCUT2D eigenvalue weighted by molar-refractivity contribution is -0.130. The second-order valence-electron chi connectivity index (χ2n) is 7.89. The summed E-state index contributed by atoms with van der Waals surface area (Å²) in [6.07, 6.45) is 10.0. The molecule has 3 aliphatic rings. The Kier molecular flexibility index (Phi) is 6.01. The minimum Gasteiger partial charge on any atom is -0.340 e. The summed E-state index contributed by atoms with van der Waals surface area (Å²) in [6.45, 7) is 5.59. The largest absolute Gasteiger partial charge is 0.340 e. The van der Waals surface area contributed by atoms with Crippen LogP contribution >= 0.6 is 0 Å². The third-order valence-electron chi connectivity index (χ3n) is 6.39. The molecule has 1 aliphatic carbocycles. The van der Waals surface area contributed by atoms with Crippen LogP contribution in [0.4, 0.5) is 4.79 Å². The van der Waals surface area contributed by atoms with E-state index in [-0.39, 0.29) is 6.03 Å². The summed E-state index contributed by atoms with van der Waals surface area (Å²) < 4.78 is 0. The van der Waals surface area contributed by atoms with Gasteiger partial charge in [-0.1, -0.05) is 26.2 Å². The minimum absolute atomic E-state index is 0.0961. The smallest absolute Gasteiger partial charge is 0.317 e. The predicted octanol–water partition coefficient (Wildman–Crippen LogP) is 3.00. The van der Waals surface area contributed by atoms with Crippen LogP contribution in [-0.4, -0.2) is 54.0 Å². The normalized spacial score (nSPS) is 29.1. The molecule has 0 unspecified atom stereocenters. The van der Waals surface area contributed by atoms with Crippen LogP contribution in [0, 0.1) is 11.8 Å². The first-order valence-electron chi connectivity index (χ1n) is 9.99. The highest BCUT2D eigenvalue weighted by Gasteiger charge is 2.32. The molecule has 0 spiro atoms. The minimum atomic E-state index is 0.0961. The topological polar surface area (TPSA) is 52.7 Å². The molecule has 0 radical (unpaired) electrons. The molecule has 5 heteroatoms. The van der Waals surface area contributed by atoms with Crippen molar-refractivity contribution < 1.29 is 9.59 Å². The molecule has 3 rings (SSSR count). The van der Waals surface area contributed by atoms with E-state index in [1.54, 1.807) is 0 Å². The first-order valence-corrected chi connectivity index (χ1v) is 9.99. The number of hydrogen-bond acceptors (Lipinski definition) is 2. The number of nitrogens with one attached hydrogen (secondary N) is 1. The van der Waals surface area contributed by atoms with Crippen LogP contribution in [0.5, 0.6) is 0 Å². The summed E-state index contributed by atoms with van der Waals surface area (Å²) >= 11 is 0. The number of rotatable bonds is 4. The molecule has 0 aromatic heterocycles. The lowest BCUT2D eigenvalue weighted by Gasteiger charge is -2.37. The maximum Gasteiger partial charge on any atom is 0.317 e. The van der Waals surface area contributed by atoms with Crippen molar-refractivity contribution in [1.82, 2.24) is 15.1 Å². The Bertz CT molecular complexity index is 438. The molecule has 24 heavy (non-hydrogen) atoms. The van der Waals surface area contributed by atoms with Gasteiger partial charge in [0.25, 0.3) is 0 Å². The van der Waals surface area contributed by atoms with Gasteiger partial charge in [-0.2, -0.15) is 0 Å². The van der Waals surface area contributed by atoms with Crippen LogP contribution in [0.15, 0.2) is 0 Å². The van der Waals surface area contributed by atoms with E-state index in [4.69, 9.17) is 0 Å². The van der Waals surface area contributed by atoms with Gasteiger partial charge in [0, 0.05) is 38.6 Å². The lowest BCUT2D eigenvalue weighted by Crippen LogP contribution is -2.50. The molecule has 136 valence electrons. The van der Waals surface area contributed by atoms with E-state index in [1.165, 1.54) is 32.1 Å². The Morgan fingerprint density at radius 2 is 1.71 bits per heavy atom. The van der Waals surface area contributed by atoms with Gasteiger partial charge in [-0.05, 0) is 43.9 Å². The van der Waals surface area contributed by atoms with Gasteiger partial charge in [0.15, 0.2) is 0 Å². The molecule has 0 aromatic carbocycles. The molecule has 2 heterocycles. The average molecular weight is 335 g/mol. The number of hydrogen-bond donors (Lipinski definition) is 1. The molecular formula is C19H33N3O2. The van der Waals surface area contributed by atoms with Crippen molar-refractivity contribution >= 4 is 11.9 Å². The summed E-state index contributed by atoms with van der Waals surface area (Å²) in [6, 6.07) is 0.451. The molecule has 0 atom stereocenters. The zero-order valence-corrected chi connectivity index (χ0v) is 15.1. The first kappa shape index (κ1) is 17.6. The molecule has 2 saturated heterocycles. The second-order valence-corrected chi connectivity index (χ2v) is 7.89.